The average molecular weight is 247 g/mol. The van der Waals surface area contributed by atoms with Crippen molar-refractivity contribution in [3.05, 3.63) is 29.8 Å². The average Bonchev–Trinajstić information content (AvgIpc) is 2.38. The molecule has 0 heterocycles. The number of amides is 1. The van der Waals surface area contributed by atoms with Crippen LogP contribution in [0, 0.1) is 5.92 Å². The molecule has 0 spiro atoms. The van der Waals surface area contributed by atoms with Crippen molar-refractivity contribution < 1.29 is 4.79 Å². The van der Waals surface area contributed by atoms with Crippen molar-refractivity contribution in [1.29, 1.82) is 0 Å². The highest BCUT2D eigenvalue weighted by atomic mass is 16.1. The zero-order chi connectivity index (χ0) is 13.4. The van der Waals surface area contributed by atoms with E-state index in [-0.39, 0.29) is 11.8 Å². The number of hydrogen-bond donors (Lipinski definition) is 1. The number of benzene rings is 1. The lowest BCUT2D eigenvalue weighted by molar-refractivity contribution is -0.119. The number of unbranched alkanes of at least 4 members (excludes halogenated alkanes) is 1. The number of nitrogens with one attached hydrogen (secondary N) is 1. The van der Waals surface area contributed by atoms with E-state index in [4.69, 9.17) is 0 Å². The second-order valence-electron chi connectivity index (χ2n) is 4.98. The third-order valence-corrected chi connectivity index (χ3v) is 3.20. The van der Waals surface area contributed by atoms with Crippen molar-refractivity contribution in [2.75, 3.05) is 5.32 Å². The Kier molecular flexibility index (Phi) is 6.48. The minimum Gasteiger partial charge on any atom is -0.326 e. The lowest BCUT2D eigenvalue weighted by Crippen LogP contribution is -2.20. The fourth-order valence-electron chi connectivity index (χ4n) is 1.95. The molecule has 1 aromatic carbocycles. The molecule has 1 rings (SSSR count). The molecule has 0 saturated carbocycles. The molecule has 1 N–H and O–H groups in total. The van der Waals surface area contributed by atoms with Crippen LogP contribution in [0.25, 0.3) is 0 Å². The number of carbonyl (C=O) groups excluding carboxylic acids is 1. The number of hydrogen-bond acceptors (Lipinski definition) is 1. The predicted octanol–water partition coefficient (Wildman–Crippen LogP) is 4.40. The van der Waals surface area contributed by atoms with Crippen LogP contribution in [0.1, 0.15) is 52.0 Å². The number of carbonyl (C=O) groups is 1. The number of aryl methyl sites for hydroxylation is 1. The summed E-state index contributed by atoms with van der Waals surface area (Å²) in [6.07, 6.45) is 5.48. The van der Waals surface area contributed by atoms with Gasteiger partial charge in [0.2, 0.25) is 5.91 Å². The van der Waals surface area contributed by atoms with Crippen LogP contribution in [0.3, 0.4) is 0 Å². The maximum atomic E-state index is 11.9. The normalized spacial score (nSPS) is 12.2. The van der Waals surface area contributed by atoms with Gasteiger partial charge in [-0.3, -0.25) is 4.79 Å². The molecule has 1 amide bonds. The first-order chi connectivity index (χ1) is 8.67. The van der Waals surface area contributed by atoms with Crippen molar-refractivity contribution in [2.24, 2.45) is 5.92 Å². The van der Waals surface area contributed by atoms with Crippen molar-refractivity contribution in [1.82, 2.24) is 0 Å². The molecule has 0 aromatic heterocycles. The van der Waals surface area contributed by atoms with E-state index in [1.54, 1.807) is 0 Å². The molecule has 0 radical (unpaired) electrons. The lowest BCUT2D eigenvalue weighted by atomic mass is 10.0. The Labute approximate surface area is 111 Å². The van der Waals surface area contributed by atoms with Gasteiger partial charge in [0, 0.05) is 11.6 Å². The zero-order valence-corrected chi connectivity index (χ0v) is 11.8. The first-order valence-corrected chi connectivity index (χ1v) is 7.07. The van der Waals surface area contributed by atoms with Crippen LogP contribution in [0.2, 0.25) is 0 Å². The molecule has 0 aliphatic heterocycles. The Bertz CT molecular complexity index is 356. The molecule has 0 aliphatic carbocycles. The number of rotatable bonds is 7. The van der Waals surface area contributed by atoms with Crippen molar-refractivity contribution in [2.45, 2.75) is 52.9 Å². The maximum absolute atomic E-state index is 11.9. The smallest absolute Gasteiger partial charge is 0.227 e. The van der Waals surface area contributed by atoms with Crippen LogP contribution < -0.4 is 5.32 Å². The van der Waals surface area contributed by atoms with E-state index in [1.807, 2.05) is 19.1 Å². The van der Waals surface area contributed by atoms with Gasteiger partial charge >= 0.3 is 0 Å². The Hall–Kier alpha value is -1.31. The molecular weight excluding hydrogens is 222 g/mol. The van der Waals surface area contributed by atoms with E-state index in [0.717, 1.165) is 37.8 Å². The van der Waals surface area contributed by atoms with Crippen molar-refractivity contribution >= 4 is 11.6 Å². The minimum atomic E-state index is 0.0975. The van der Waals surface area contributed by atoms with E-state index < -0.39 is 0 Å². The molecule has 1 aromatic rings. The van der Waals surface area contributed by atoms with Crippen molar-refractivity contribution in [3.8, 4) is 0 Å². The van der Waals surface area contributed by atoms with Gasteiger partial charge in [-0.05, 0) is 30.5 Å². The zero-order valence-electron chi connectivity index (χ0n) is 11.8. The highest BCUT2D eigenvalue weighted by molar-refractivity contribution is 5.92. The summed E-state index contributed by atoms with van der Waals surface area (Å²) in [6.45, 7) is 6.32. The van der Waals surface area contributed by atoms with Gasteiger partial charge in [0.1, 0.15) is 0 Å². The summed E-state index contributed by atoms with van der Waals surface area (Å²) in [5.74, 6) is 0.229. The molecule has 2 heteroatoms. The van der Waals surface area contributed by atoms with Gasteiger partial charge in [-0.1, -0.05) is 52.2 Å². The molecule has 0 fully saturated rings. The largest absolute Gasteiger partial charge is 0.326 e. The quantitative estimate of drug-likeness (QED) is 0.760. The van der Waals surface area contributed by atoms with Crippen LogP contribution in [0.15, 0.2) is 24.3 Å². The van der Waals surface area contributed by atoms with Gasteiger partial charge in [-0.2, -0.15) is 0 Å². The first-order valence-electron chi connectivity index (χ1n) is 7.07. The Morgan fingerprint density at radius 3 is 2.39 bits per heavy atom. The lowest BCUT2D eigenvalue weighted by Gasteiger charge is -2.12. The predicted molar refractivity (Wildman–Crippen MR) is 77.8 cm³/mol. The van der Waals surface area contributed by atoms with Crippen LogP contribution in [-0.2, 0) is 11.2 Å². The molecule has 1 atom stereocenters. The summed E-state index contributed by atoms with van der Waals surface area (Å²) in [6, 6.07) is 8.18. The Morgan fingerprint density at radius 1 is 1.17 bits per heavy atom. The minimum absolute atomic E-state index is 0.0975. The Morgan fingerprint density at radius 2 is 1.83 bits per heavy atom. The van der Waals surface area contributed by atoms with Gasteiger partial charge in [-0.15, -0.1) is 0 Å². The van der Waals surface area contributed by atoms with E-state index in [9.17, 15) is 4.79 Å². The third kappa shape index (κ3) is 4.91. The summed E-state index contributed by atoms with van der Waals surface area (Å²) in [5, 5.41) is 2.98. The SMILES string of the molecule is CCCC[C@H](C)C(=O)Nc1ccc(CCC)cc1. The fraction of sp³-hybridized carbons (Fsp3) is 0.562. The molecule has 2 nitrogen and oxygen atoms in total. The second kappa shape index (κ2) is 7.91. The van der Waals surface area contributed by atoms with Gasteiger partial charge in [-0.25, -0.2) is 0 Å². The first kappa shape index (κ1) is 14.7. The van der Waals surface area contributed by atoms with Crippen LogP contribution in [0.4, 0.5) is 5.69 Å². The van der Waals surface area contributed by atoms with Gasteiger partial charge in [0.05, 0.1) is 0 Å². The monoisotopic (exact) mass is 247 g/mol. The third-order valence-electron chi connectivity index (χ3n) is 3.20. The second-order valence-corrected chi connectivity index (χ2v) is 4.98. The Balaban J connectivity index is 2.48. The van der Waals surface area contributed by atoms with Crippen LogP contribution in [0.5, 0.6) is 0 Å². The highest BCUT2D eigenvalue weighted by Gasteiger charge is 2.11. The topological polar surface area (TPSA) is 29.1 Å². The standard InChI is InChI=1S/C16H25NO/c1-4-6-8-13(3)16(18)17-15-11-9-14(7-5-2)10-12-15/h9-13H,4-8H2,1-3H3,(H,17,18)/t13-/m0/s1. The maximum Gasteiger partial charge on any atom is 0.227 e. The summed E-state index contributed by atoms with van der Waals surface area (Å²) in [7, 11) is 0. The summed E-state index contributed by atoms with van der Waals surface area (Å²) in [5.41, 5.74) is 2.23. The molecule has 0 saturated heterocycles. The molecule has 18 heavy (non-hydrogen) atoms. The summed E-state index contributed by atoms with van der Waals surface area (Å²) >= 11 is 0. The van der Waals surface area contributed by atoms with Gasteiger partial charge < -0.3 is 5.32 Å². The molecular formula is C16H25NO. The summed E-state index contributed by atoms with van der Waals surface area (Å²) < 4.78 is 0. The summed E-state index contributed by atoms with van der Waals surface area (Å²) in [4.78, 5) is 11.9. The van der Waals surface area contributed by atoms with E-state index in [2.05, 4.69) is 31.3 Å². The molecule has 100 valence electrons. The van der Waals surface area contributed by atoms with E-state index >= 15 is 0 Å². The van der Waals surface area contributed by atoms with E-state index in [1.165, 1.54) is 5.56 Å². The van der Waals surface area contributed by atoms with Gasteiger partial charge in [0.15, 0.2) is 0 Å². The fourth-order valence-corrected chi connectivity index (χ4v) is 1.95. The van der Waals surface area contributed by atoms with Gasteiger partial charge in [0.25, 0.3) is 0 Å². The van der Waals surface area contributed by atoms with Crippen LogP contribution in [-0.4, -0.2) is 5.91 Å². The molecule has 0 aliphatic rings. The molecule has 0 unspecified atom stereocenters. The van der Waals surface area contributed by atoms with Crippen LogP contribution >= 0.6 is 0 Å². The molecule has 0 bridgehead atoms. The highest BCUT2D eigenvalue weighted by Crippen LogP contribution is 2.14. The van der Waals surface area contributed by atoms with Crippen molar-refractivity contribution in [3.63, 3.8) is 0 Å². The number of anilines is 1. The van der Waals surface area contributed by atoms with E-state index in [0.29, 0.717) is 0 Å².